The van der Waals surface area contributed by atoms with E-state index < -0.39 is 21.9 Å². The van der Waals surface area contributed by atoms with Gasteiger partial charge in [-0.15, -0.1) is 0 Å². The van der Waals surface area contributed by atoms with Gasteiger partial charge in [0.05, 0.1) is 48.1 Å². The van der Waals surface area contributed by atoms with Gasteiger partial charge in [-0.2, -0.15) is 5.10 Å². The number of aromatic nitrogens is 2. The summed E-state index contributed by atoms with van der Waals surface area (Å²) in [5, 5.41) is 6.89. The van der Waals surface area contributed by atoms with Crippen LogP contribution in [0.3, 0.4) is 0 Å². The van der Waals surface area contributed by atoms with Gasteiger partial charge in [0.1, 0.15) is 5.82 Å². The fraction of sp³-hybridized carbons (Fsp3) is 0.412. The molecule has 1 saturated heterocycles. The summed E-state index contributed by atoms with van der Waals surface area (Å²) >= 11 is 0. The number of urea groups is 1. The third-order valence-corrected chi connectivity index (χ3v) is 6.82. The van der Waals surface area contributed by atoms with Crippen LogP contribution in [0.15, 0.2) is 30.5 Å². The van der Waals surface area contributed by atoms with Crippen molar-refractivity contribution < 1.29 is 19.0 Å². The third kappa shape index (κ3) is 3.14. The number of nitrogens with zero attached hydrogens (tertiary/aromatic N) is 4. The Kier molecular flexibility index (Phi) is 4.29. The SMILES string of the molecule is C[C@H]1Cn2ncc(N3CCCS3(=O)=O)c2CN1C(=O)Nc1ccccc1F.[HH]. The Hall–Kier alpha value is -2.62. The molecule has 0 saturated carbocycles. The summed E-state index contributed by atoms with van der Waals surface area (Å²) < 4.78 is 41.5. The topological polar surface area (TPSA) is 87.5 Å². The molecule has 8 nitrogen and oxygen atoms in total. The van der Waals surface area contributed by atoms with Crippen molar-refractivity contribution in [2.24, 2.45) is 0 Å². The smallest absolute Gasteiger partial charge is 0.314 e. The van der Waals surface area contributed by atoms with E-state index in [9.17, 15) is 17.6 Å². The maximum absolute atomic E-state index is 13.8. The van der Waals surface area contributed by atoms with Gasteiger partial charge < -0.3 is 10.2 Å². The molecule has 0 aliphatic carbocycles. The summed E-state index contributed by atoms with van der Waals surface area (Å²) in [6.07, 6.45) is 2.12. The molecule has 3 heterocycles. The molecule has 10 heteroatoms. The number of sulfonamides is 1. The van der Waals surface area contributed by atoms with Gasteiger partial charge in [0.2, 0.25) is 10.0 Å². The van der Waals surface area contributed by atoms with Crippen LogP contribution in [0, 0.1) is 5.82 Å². The lowest BCUT2D eigenvalue weighted by atomic mass is 10.2. The fourth-order valence-corrected chi connectivity index (χ4v) is 5.10. The van der Waals surface area contributed by atoms with E-state index >= 15 is 0 Å². The molecule has 1 N–H and O–H groups in total. The lowest BCUT2D eigenvalue weighted by molar-refractivity contribution is 0.161. The first-order valence-electron chi connectivity index (χ1n) is 8.74. The lowest BCUT2D eigenvalue weighted by Crippen LogP contribution is -2.47. The van der Waals surface area contributed by atoms with E-state index in [4.69, 9.17) is 0 Å². The van der Waals surface area contributed by atoms with Gasteiger partial charge in [-0.3, -0.25) is 8.99 Å². The van der Waals surface area contributed by atoms with Crippen molar-refractivity contribution in [1.29, 1.82) is 0 Å². The van der Waals surface area contributed by atoms with E-state index in [1.165, 1.54) is 16.4 Å². The summed E-state index contributed by atoms with van der Waals surface area (Å²) in [5.41, 5.74) is 1.29. The zero-order chi connectivity index (χ0) is 19.2. The number of benzene rings is 1. The molecule has 4 rings (SSSR count). The third-order valence-electron chi connectivity index (χ3n) is 4.96. The van der Waals surface area contributed by atoms with Gasteiger partial charge in [-0.25, -0.2) is 17.6 Å². The zero-order valence-electron chi connectivity index (χ0n) is 14.8. The van der Waals surface area contributed by atoms with Crippen LogP contribution in [0.4, 0.5) is 20.6 Å². The van der Waals surface area contributed by atoms with Gasteiger partial charge in [0, 0.05) is 7.97 Å². The predicted molar refractivity (Wildman–Crippen MR) is 101 cm³/mol. The molecule has 1 fully saturated rings. The number of carbonyl (C=O) groups is 1. The molecule has 2 aliphatic rings. The molecule has 2 aliphatic heterocycles. The van der Waals surface area contributed by atoms with Crippen LogP contribution in [-0.4, -0.2) is 47.5 Å². The molecule has 2 amide bonds. The Labute approximate surface area is 158 Å². The maximum atomic E-state index is 13.8. The van der Waals surface area contributed by atoms with Gasteiger partial charge in [0.25, 0.3) is 0 Å². The number of carbonyl (C=O) groups excluding carboxylic acids is 1. The summed E-state index contributed by atoms with van der Waals surface area (Å²) in [6.45, 7) is 2.92. The molecule has 146 valence electrons. The van der Waals surface area contributed by atoms with E-state index in [2.05, 4.69) is 10.4 Å². The van der Waals surface area contributed by atoms with Crippen molar-refractivity contribution >= 4 is 27.4 Å². The highest BCUT2D eigenvalue weighted by atomic mass is 32.2. The van der Waals surface area contributed by atoms with Crippen molar-refractivity contribution in [3.63, 3.8) is 0 Å². The normalized spacial score (nSPS) is 21.2. The monoisotopic (exact) mass is 395 g/mol. The first-order chi connectivity index (χ1) is 12.9. The second-order valence-electron chi connectivity index (χ2n) is 6.79. The molecule has 0 radical (unpaired) electrons. The van der Waals surface area contributed by atoms with Crippen LogP contribution >= 0.6 is 0 Å². The highest BCUT2D eigenvalue weighted by Gasteiger charge is 2.36. The van der Waals surface area contributed by atoms with E-state index in [1.54, 1.807) is 27.9 Å². The Morgan fingerprint density at radius 2 is 2.15 bits per heavy atom. The number of amides is 2. The van der Waals surface area contributed by atoms with E-state index in [1.807, 2.05) is 6.92 Å². The first-order valence-corrected chi connectivity index (χ1v) is 10.3. The second kappa shape index (κ2) is 6.52. The minimum atomic E-state index is -3.34. The van der Waals surface area contributed by atoms with Crippen molar-refractivity contribution in [3.05, 3.63) is 42.0 Å². The molecular weight excluding hydrogens is 373 g/mol. The highest BCUT2D eigenvalue weighted by Crippen LogP contribution is 2.31. The van der Waals surface area contributed by atoms with Crippen LogP contribution in [-0.2, 0) is 23.1 Å². The van der Waals surface area contributed by atoms with E-state index in [0.29, 0.717) is 30.9 Å². The Morgan fingerprint density at radius 1 is 1.37 bits per heavy atom. The van der Waals surface area contributed by atoms with Crippen molar-refractivity contribution in [1.82, 2.24) is 14.7 Å². The van der Waals surface area contributed by atoms with Gasteiger partial charge in [0.15, 0.2) is 0 Å². The van der Waals surface area contributed by atoms with Crippen molar-refractivity contribution in [2.75, 3.05) is 21.9 Å². The molecular formula is C17H22FN5O3S. The molecule has 0 unspecified atom stereocenters. The Bertz CT molecular complexity index is 996. The average molecular weight is 395 g/mol. The Morgan fingerprint density at radius 3 is 2.85 bits per heavy atom. The van der Waals surface area contributed by atoms with E-state index in [0.717, 1.165) is 0 Å². The van der Waals surface area contributed by atoms with Gasteiger partial charge in [-0.05, 0) is 25.5 Å². The zero-order valence-corrected chi connectivity index (χ0v) is 15.6. The van der Waals surface area contributed by atoms with Crippen LogP contribution in [0.25, 0.3) is 0 Å². The van der Waals surface area contributed by atoms with Gasteiger partial charge >= 0.3 is 6.03 Å². The predicted octanol–water partition coefficient (Wildman–Crippen LogP) is 2.24. The maximum Gasteiger partial charge on any atom is 0.322 e. The highest BCUT2D eigenvalue weighted by molar-refractivity contribution is 7.93. The molecule has 0 spiro atoms. The molecule has 27 heavy (non-hydrogen) atoms. The molecule has 1 atom stereocenters. The number of hydrogen-bond acceptors (Lipinski definition) is 4. The van der Waals surface area contributed by atoms with Crippen LogP contribution in [0.5, 0.6) is 0 Å². The number of nitrogens with one attached hydrogen (secondary N) is 1. The Balaban J connectivity index is 0.00000225. The number of anilines is 2. The summed E-state index contributed by atoms with van der Waals surface area (Å²) in [4.78, 5) is 14.3. The number of hydrogen-bond donors (Lipinski definition) is 1. The molecule has 1 aromatic heterocycles. The number of rotatable bonds is 2. The minimum Gasteiger partial charge on any atom is -0.314 e. The van der Waals surface area contributed by atoms with Crippen molar-refractivity contribution in [2.45, 2.75) is 32.5 Å². The number of para-hydroxylation sites is 1. The number of halogens is 1. The first kappa shape index (κ1) is 17.8. The summed E-state index contributed by atoms with van der Waals surface area (Å²) in [7, 11) is -3.34. The standard InChI is InChI=1S/C17H20FN5O3S.H2/c1-12-10-22-16(15(9-19-22)23-7-4-8-27(23,25)26)11-21(12)17(24)20-14-6-3-2-5-13(14)18;/h2-3,5-6,9,12H,4,7-8,10-11H2,1H3,(H,20,24);1H/t12-;/m0./s1. The molecule has 1 aromatic carbocycles. The average Bonchev–Trinajstić information content (AvgIpc) is 3.17. The van der Waals surface area contributed by atoms with Crippen LogP contribution in [0.1, 0.15) is 20.5 Å². The largest absolute Gasteiger partial charge is 0.322 e. The molecule has 0 bridgehead atoms. The number of fused-ring (bicyclic) bond motifs is 1. The second-order valence-corrected chi connectivity index (χ2v) is 8.80. The van der Waals surface area contributed by atoms with Crippen molar-refractivity contribution in [3.8, 4) is 0 Å². The quantitative estimate of drug-likeness (QED) is 0.845. The summed E-state index contributed by atoms with van der Waals surface area (Å²) in [6, 6.07) is 5.36. The molecule has 2 aromatic rings. The fourth-order valence-electron chi connectivity index (χ4n) is 3.53. The van der Waals surface area contributed by atoms with Crippen LogP contribution < -0.4 is 9.62 Å². The minimum absolute atomic E-state index is 0. The van der Waals surface area contributed by atoms with E-state index in [-0.39, 0.29) is 25.5 Å². The van der Waals surface area contributed by atoms with Gasteiger partial charge in [-0.1, -0.05) is 12.1 Å². The lowest BCUT2D eigenvalue weighted by Gasteiger charge is -2.35. The summed E-state index contributed by atoms with van der Waals surface area (Å²) in [5.74, 6) is -0.393. The van der Waals surface area contributed by atoms with Crippen LogP contribution in [0.2, 0.25) is 0 Å².